The van der Waals surface area contributed by atoms with Gasteiger partial charge in [-0.15, -0.1) is 0 Å². The predicted octanol–water partition coefficient (Wildman–Crippen LogP) is 1.83. The first-order chi connectivity index (χ1) is 12.0. The molecule has 1 aromatic rings. The summed E-state index contributed by atoms with van der Waals surface area (Å²) in [4.78, 5) is 36.8. The summed E-state index contributed by atoms with van der Waals surface area (Å²) in [6, 6.07) is 6.44. The molecule has 1 aromatic carbocycles. The lowest BCUT2D eigenvalue weighted by Crippen LogP contribution is -2.37. The van der Waals surface area contributed by atoms with Gasteiger partial charge in [-0.2, -0.15) is 0 Å². The van der Waals surface area contributed by atoms with E-state index < -0.39 is 5.97 Å². The summed E-state index contributed by atoms with van der Waals surface area (Å²) in [5.74, 6) is -0.681. The number of rotatable bonds is 7. The van der Waals surface area contributed by atoms with Gasteiger partial charge < -0.3 is 19.7 Å². The Kier molecular flexibility index (Phi) is 6.94. The van der Waals surface area contributed by atoms with Crippen LogP contribution in [0.15, 0.2) is 24.3 Å². The van der Waals surface area contributed by atoms with Crippen LogP contribution < -0.4 is 5.32 Å². The lowest BCUT2D eigenvalue weighted by Gasteiger charge is -2.23. The maximum atomic E-state index is 12.1. The molecule has 1 aliphatic rings. The van der Waals surface area contributed by atoms with Crippen molar-refractivity contribution in [1.82, 2.24) is 4.90 Å². The molecule has 1 aliphatic heterocycles. The fourth-order valence-electron chi connectivity index (χ4n) is 2.68. The van der Waals surface area contributed by atoms with Gasteiger partial charge in [-0.05, 0) is 37.1 Å². The Bertz CT molecular complexity index is 608. The van der Waals surface area contributed by atoms with Crippen LogP contribution in [0.1, 0.15) is 36.5 Å². The van der Waals surface area contributed by atoms with E-state index in [2.05, 4.69) is 10.1 Å². The second kappa shape index (κ2) is 9.17. The largest absolute Gasteiger partial charge is 0.465 e. The van der Waals surface area contributed by atoms with E-state index in [0.717, 1.165) is 19.4 Å². The van der Waals surface area contributed by atoms with Crippen LogP contribution in [0.2, 0.25) is 0 Å². The maximum absolute atomic E-state index is 12.1. The van der Waals surface area contributed by atoms with Crippen LogP contribution in [-0.2, 0) is 19.1 Å². The van der Waals surface area contributed by atoms with Crippen LogP contribution in [0, 0.1) is 0 Å². The first-order valence-electron chi connectivity index (χ1n) is 8.35. The van der Waals surface area contributed by atoms with E-state index in [1.54, 1.807) is 29.2 Å². The Morgan fingerprint density at radius 1 is 1.28 bits per heavy atom. The van der Waals surface area contributed by atoms with Crippen molar-refractivity contribution in [3.8, 4) is 0 Å². The van der Waals surface area contributed by atoms with Crippen molar-refractivity contribution in [1.29, 1.82) is 0 Å². The highest BCUT2D eigenvalue weighted by molar-refractivity contribution is 5.93. The molecular formula is C18H24N2O5. The second-order valence-electron chi connectivity index (χ2n) is 5.97. The van der Waals surface area contributed by atoms with E-state index >= 15 is 0 Å². The molecule has 1 N–H and O–H groups in total. The van der Waals surface area contributed by atoms with Gasteiger partial charge in [0.15, 0.2) is 0 Å². The number of esters is 1. The molecule has 0 bridgehead atoms. The zero-order valence-corrected chi connectivity index (χ0v) is 14.6. The van der Waals surface area contributed by atoms with Gasteiger partial charge in [0.1, 0.15) is 0 Å². The zero-order valence-electron chi connectivity index (χ0n) is 14.6. The smallest absolute Gasteiger partial charge is 0.337 e. The predicted molar refractivity (Wildman–Crippen MR) is 92.3 cm³/mol. The molecule has 7 heteroatoms. The highest BCUT2D eigenvalue weighted by atomic mass is 16.5. The number of nitrogens with one attached hydrogen (secondary N) is 1. The average molecular weight is 348 g/mol. The molecule has 1 atom stereocenters. The molecule has 0 saturated carbocycles. The van der Waals surface area contributed by atoms with Crippen LogP contribution in [0.3, 0.4) is 0 Å². The molecule has 1 fully saturated rings. The number of ether oxygens (including phenoxy) is 2. The van der Waals surface area contributed by atoms with Crippen molar-refractivity contribution in [2.24, 2.45) is 0 Å². The quantitative estimate of drug-likeness (QED) is 0.760. The van der Waals surface area contributed by atoms with E-state index in [0.29, 0.717) is 24.3 Å². The molecule has 0 radical (unpaired) electrons. The van der Waals surface area contributed by atoms with Gasteiger partial charge in [-0.25, -0.2) is 4.79 Å². The first-order valence-corrected chi connectivity index (χ1v) is 8.35. The summed E-state index contributed by atoms with van der Waals surface area (Å²) in [6.07, 6.45) is 2.23. The number of hydrogen-bond donors (Lipinski definition) is 1. The molecule has 136 valence electrons. The van der Waals surface area contributed by atoms with Gasteiger partial charge in [0, 0.05) is 38.7 Å². The van der Waals surface area contributed by atoms with Crippen LogP contribution in [-0.4, -0.2) is 55.6 Å². The highest BCUT2D eigenvalue weighted by Crippen LogP contribution is 2.14. The van der Waals surface area contributed by atoms with Crippen molar-refractivity contribution in [2.75, 3.05) is 32.1 Å². The van der Waals surface area contributed by atoms with E-state index in [4.69, 9.17) is 4.74 Å². The minimum Gasteiger partial charge on any atom is -0.465 e. The molecular weight excluding hydrogens is 324 g/mol. The van der Waals surface area contributed by atoms with Crippen molar-refractivity contribution in [2.45, 2.75) is 32.3 Å². The number of hydrogen-bond acceptors (Lipinski definition) is 5. The minimum absolute atomic E-state index is 0.0641. The molecule has 25 heavy (non-hydrogen) atoms. The van der Waals surface area contributed by atoms with Crippen LogP contribution in [0.25, 0.3) is 0 Å². The fraction of sp³-hybridized carbons (Fsp3) is 0.500. The van der Waals surface area contributed by atoms with Crippen LogP contribution >= 0.6 is 0 Å². The molecule has 2 amide bonds. The van der Waals surface area contributed by atoms with Gasteiger partial charge >= 0.3 is 5.97 Å². The number of carbonyl (C=O) groups is 3. The fourth-order valence-corrected chi connectivity index (χ4v) is 2.68. The summed E-state index contributed by atoms with van der Waals surface area (Å²) in [7, 11) is 1.31. The number of amides is 2. The molecule has 7 nitrogen and oxygen atoms in total. The molecule has 0 spiro atoms. The molecule has 0 aliphatic carbocycles. The number of nitrogens with zero attached hydrogens (tertiary/aromatic N) is 1. The van der Waals surface area contributed by atoms with Gasteiger partial charge in [0.05, 0.1) is 18.8 Å². The first kappa shape index (κ1) is 18.9. The SMILES string of the molecule is COC(=O)c1ccc(NC(=O)CCN(CC2CCCO2)C(C)=O)cc1. The van der Waals surface area contributed by atoms with Crippen LogP contribution in [0.5, 0.6) is 0 Å². The van der Waals surface area contributed by atoms with Gasteiger partial charge in [0.2, 0.25) is 11.8 Å². The van der Waals surface area contributed by atoms with E-state index in [1.165, 1.54) is 14.0 Å². The Labute approximate surface area is 147 Å². The Morgan fingerprint density at radius 2 is 2.00 bits per heavy atom. The normalized spacial score (nSPS) is 16.3. The number of benzene rings is 1. The molecule has 2 rings (SSSR count). The number of methoxy groups -OCH3 is 1. The third-order valence-electron chi connectivity index (χ3n) is 4.09. The van der Waals surface area contributed by atoms with E-state index in [-0.39, 0.29) is 24.3 Å². The summed E-state index contributed by atoms with van der Waals surface area (Å²) in [6.45, 7) is 3.11. The van der Waals surface area contributed by atoms with Gasteiger partial charge in [-0.3, -0.25) is 9.59 Å². The summed E-state index contributed by atoms with van der Waals surface area (Å²) in [5, 5.41) is 2.75. The highest BCUT2D eigenvalue weighted by Gasteiger charge is 2.21. The number of anilines is 1. The Balaban J connectivity index is 1.81. The summed E-state index contributed by atoms with van der Waals surface area (Å²) in [5.41, 5.74) is 1.01. The van der Waals surface area contributed by atoms with E-state index in [9.17, 15) is 14.4 Å². The molecule has 1 unspecified atom stereocenters. The summed E-state index contributed by atoms with van der Waals surface area (Å²) < 4.78 is 10.2. The van der Waals surface area contributed by atoms with Gasteiger partial charge in [-0.1, -0.05) is 0 Å². The zero-order chi connectivity index (χ0) is 18.2. The standard InChI is InChI=1S/C18H24N2O5/c1-13(21)20(12-16-4-3-11-25-16)10-9-17(22)19-15-7-5-14(6-8-15)18(23)24-2/h5-8,16H,3-4,9-12H2,1-2H3,(H,19,22). The third kappa shape index (κ3) is 5.86. The van der Waals surface area contributed by atoms with Crippen molar-refractivity contribution >= 4 is 23.5 Å². The lowest BCUT2D eigenvalue weighted by atomic mass is 10.2. The van der Waals surface area contributed by atoms with Crippen molar-refractivity contribution in [3.05, 3.63) is 29.8 Å². The minimum atomic E-state index is -0.427. The molecule has 1 saturated heterocycles. The van der Waals surface area contributed by atoms with Gasteiger partial charge in [0.25, 0.3) is 0 Å². The average Bonchev–Trinajstić information content (AvgIpc) is 3.11. The molecule has 0 aromatic heterocycles. The van der Waals surface area contributed by atoms with Crippen molar-refractivity contribution in [3.63, 3.8) is 0 Å². The third-order valence-corrected chi connectivity index (χ3v) is 4.09. The second-order valence-corrected chi connectivity index (χ2v) is 5.97. The topological polar surface area (TPSA) is 84.9 Å². The van der Waals surface area contributed by atoms with Crippen molar-refractivity contribution < 1.29 is 23.9 Å². The lowest BCUT2D eigenvalue weighted by molar-refractivity contribution is -0.130. The summed E-state index contributed by atoms with van der Waals surface area (Å²) >= 11 is 0. The van der Waals surface area contributed by atoms with Crippen LogP contribution in [0.4, 0.5) is 5.69 Å². The Morgan fingerprint density at radius 3 is 2.56 bits per heavy atom. The monoisotopic (exact) mass is 348 g/mol. The Hall–Kier alpha value is -2.41. The number of carbonyl (C=O) groups excluding carboxylic acids is 3. The maximum Gasteiger partial charge on any atom is 0.337 e. The van der Waals surface area contributed by atoms with E-state index in [1.807, 2.05) is 0 Å². The molecule has 1 heterocycles.